The maximum Gasteiger partial charge on any atom is 0.224 e. The number of hydrogen-bond acceptors (Lipinski definition) is 4. The molecular formula is C13H24N4. The number of rotatable bonds is 7. The predicted octanol–water partition coefficient (Wildman–Crippen LogP) is 2.84. The smallest absolute Gasteiger partial charge is 0.224 e. The maximum absolute atomic E-state index is 4.60. The van der Waals surface area contributed by atoms with E-state index in [1.165, 1.54) is 0 Å². The summed E-state index contributed by atoms with van der Waals surface area (Å²) in [5.74, 6) is 1.80. The molecule has 1 heterocycles. The highest BCUT2D eigenvalue weighted by Gasteiger charge is 2.09. The standard InChI is InChI=1S/C13H24N4/c1-5-8-14-13-15-10-11(4)12(16-13)17(7-3)9-6-2/h10H,5-9H2,1-4H3,(H,14,15,16). The van der Waals surface area contributed by atoms with Crippen molar-refractivity contribution < 1.29 is 0 Å². The SMILES string of the molecule is CCCNc1ncc(C)c(N(CC)CCC)n1. The Kier molecular flexibility index (Phi) is 5.73. The highest BCUT2D eigenvalue weighted by atomic mass is 15.2. The maximum atomic E-state index is 4.60. The zero-order chi connectivity index (χ0) is 12.7. The van der Waals surface area contributed by atoms with Gasteiger partial charge >= 0.3 is 0 Å². The monoisotopic (exact) mass is 236 g/mol. The molecule has 4 nitrogen and oxygen atoms in total. The Morgan fingerprint density at radius 3 is 2.59 bits per heavy atom. The van der Waals surface area contributed by atoms with Crippen LogP contribution in [0.1, 0.15) is 39.2 Å². The minimum Gasteiger partial charge on any atom is -0.357 e. The molecule has 17 heavy (non-hydrogen) atoms. The van der Waals surface area contributed by atoms with Crippen LogP contribution in [0.25, 0.3) is 0 Å². The van der Waals surface area contributed by atoms with Crippen molar-refractivity contribution in [2.75, 3.05) is 29.9 Å². The highest BCUT2D eigenvalue weighted by molar-refractivity contribution is 5.48. The molecule has 0 radical (unpaired) electrons. The minimum atomic E-state index is 0.738. The highest BCUT2D eigenvalue weighted by Crippen LogP contribution is 2.18. The van der Waals surface area contributed by atoms with Gasteiger partial charge < -0.3 is 10.2 Å². The van der Waals surface area contributed by atoms with Crippen molar-refractivity contribution in [1.29, 1.82) is 0 Å². The molecule has 0 amide bonds. The zero-order valence-electron chi connectivity index (χ0n) is 11.5. The summed E-state index contributed by atoms with van der Waals surface area (Å²) in [6.45, 7) is 11.5. The summed E-state index contributed by atoms with van der Waals surface area (Å²) in [5, 5.41) is 3.23. The minimum absolute atomic E-state index is 0.738. The molecule has 0 spiro atoms. The second kappa shape index (κ2) is 7.09. The third kappa shape index (κ3) is 3.88. The van der Waals surface area contributed by atoms with E-state index in [1.54, 1.807) is 0 Å². The van der Waals surface area contributed by atoms with E-state index >= 15 is 0 Å². The van der Waals surface area contributed by atoms with Crippen LogP contribution in [-0.4, -0.2) is 29.6 Å². The summed E-state index contributed by atoms with van der Waals surface area (Å²) < 4.78 is 0. The van der Waals surface area contributed by atoms with Gasteiger partial charge in [-0.1, -0.05) is 13.8 Å². The van der Waals surface area contributed by atoms with E-state index in [0.717, 1.165) is 49.8 Å². The van der Waals surface area contributed by atoms with Gasteiger partial charge in [-0.3, -0.25) is 0 Å². The van der Waals surface area contributed by atoms with Gasteiger partial charge in [0.25, 0.3) is 0 Å². The Labute approximate surface area is 104 Å². The van der Waals surface area contributed by atoms with Gasteiger partial charge in [-0.15, -0.1) is 0 Å². The molecule has 0 unspecified atom stereocenters. The van der Waals surface area contributed by atoms with Crippen LogP contribution in [0.2, 0.25) is 0 Å². The van der Waals surface area contributed by atoms with Crippen LogP contribution in [0.5, 0.6) is 0 Å². The van der Waals surface area contributed by atoms with Crippen molar-refractivity contribution >= 4 is 11.8 Å². The number of anilines is 2. The van der Waals surface area contributed by atoms with Gasteiger partial charge in [0.05, 0.1) is 0 Å². The molecule has 1 rings (SSSR count). The first-order valence-electron chi connectivity index (χ1n) is 6.55. The van der Waals surface area contributed by atoms with Crippen LogP contribution in [-0.2, 0) is 0 Å². The largest absolute Gasteiger partial charge is 0.357 e. The lowest BCUT2D eigenvalue weighted by atomic mass is 10.3. The molecule has 0 atom stereocenters. The average molecular weight is 236 g/mol. The van der Waals surface area contributed by atoms with E-state index in [-0.39, 0.29) is 0 Å². The van der Waals surface area contributed by atoms with E-state index < -0.39 is 0 Å². The lowest BCUT2D eigenvalue weighted by Crippen LogP contribution is -2.26. The molecule has 0 aliphatic rings. The quantitative estimate of drug-likeness (QED) is 0.790. The van der Waals surface area contributed by atoms with Crippen LogP contribution in [0.4, 0.5) is 11.8 Å². The molecule has 1 N–H and O–H groups in total. The lowest BCUT2D eigenvalue weighted by Gasteiger charge is -2.23. The van der Waals surface area contributed by atoms with Crippen LogP contribution in [0.3, 0.4) is 0 Å². The van der Waals surface area contributed by atoms with Crippen molar-refractivity contribution in [3.05, 3.63) is 11.8 Å². The number of aryl methyl sites for hydroxylation is 1. The molecule has 0 saturated heterocycles. The van der Waals surface area contributed by atoms with Gasteiger partial charge in [0.15, 0.2) is 0 Å². The predicted molar refractivity (Wildman–Crippen MR) is 73.7 cm³/mol. The van der Waals surface area contributed by atoms with Gasteiger partial charge in [0.1, 0.15) is 5.82 Å². The Balaban J connectivity index is 2.87. The van der Waals surface area contributed by atoms with E-state index in [2.05, 4.69) is 47.9 Å². The lowest BCUT2D eigenvalue weighted by molar-refractivity contribution is 0.772. The number of nitrogens with one attached hydrogen (secondary N) is 1. The molecule has 0 aliphatic carbocycles. The summed E-state index contributed by atoms with van der Waals surface area (Å²) in [4.78, 5) is 11.2. The number of nitrogens with zero attached hydrogens (tertiary/aromatic N) is 3. The summed E-state index contributed by atoms with van der Waals surface area (Å²) in [7, 11) is 0. The molecule has 0 aliphatic heterocycles. The fraction of sp³-hybridized carbons (Fsp3) is 0.692. The van der Waals surface area contributed by atoms with Crippen molar-refractivity contribution in [2.24, 2.45) is 0 Å². The molecule has 96 valence electrons. The fourth-order valence-corrected chi connectivity index (χ4v) is 1.76. The van der Waals surface area contributed by atoms with Gasteiger partial charge in [-0.25, -0.2) is 4.98 Å². The molecule has 0 bridgehead atoms. The van der Waals surface area contributed by atoms with Crippen molar-refractivity contribution in [3.8, 4) is 0 Å². The van der Waals surface area contributed by atoms with Gasteiger partial charge in [0, 0.05) is 31.4 Å². The average Bonchev–Trinajstić information content (AvgIpc) is 2.35. The van der Waals surface area contributed by atoms with E-state index in [4.69, 9.17) is 0 Å². The second-order valence-electron chi connectivity index (χ2n) is 4.21. The van der Waals surface area contributed by atoms with Crippen molar-refractivity contribution in [3.63, 3.8) is 0 Å². The summed E-state index contributed by atoms with van der Waals surface area (Å²) in [6.07, 6.45) is 4.12. The molecule has 0 aromatic carbocycles. The molecule has 0 fully saturated rings. The first-order chi connectivity index (χ1) is 8.22. The van der Waals surface area contributed by atoms with Gasteiger partial charge in [-0.2, -0.15) is 4.98 Å². The third-order valence-corrected chi connectivity index (χ3v) is 2.65. The van der Waals surface area contributed by atoms with Gasteiger partial charge in [0.2, 0.25) is 5.95 Å². The number of hydrogen-bond donors (Lipinski definition) is 1. The van der Waals surface area contributed by atoms with E-state index in [1.807, 2.05) is 6.20 Å². The molecule has 1 aromatic heterocycles. The van der Waals surface area contributed by atoms with Crippen LogP contribution in [0, 0.1) is 6.92 Å². The summed E-state index contributed by atoms with van der Waals surface area (Å²) in [6, 6.07) is 0. The Hall–Kier alpha value is -1.32. The summed E-state index contributed by atoms with van der Waals surface area (Å²) >= 11 is 0. The topological polar surface area (TPSA) is 41.1 Å². The first-order valence-corrected chi connectivity index (χ1v) is 6.55. The van der Waals surface area contributed by atoms with Gasteiger partial charge in [-0.05, 0) is 26.7 Å². The fourth-order valence-electron chi connectivity index (χ4n) is 1.76. The van der Waals surface area contributed by atoms with E-state index in [0.29, 0.717) is 0 Å². The summed E-state index contributed by atoms with van der Waals surface area (Å²) in [5.41, 5.74) is 1.14. The van der Waals surface area contributed by atoms with Crippen molar-refractivity contribution in [1.82, 2.24) is 9.97 Å². The normalized spacial score (nSPS) is 10.4. The van der Waals surface area contributed by atoms with Crippen LogP contribution >= 0.6 is 0 Å². The zero-order valence-corrected chi connectivity index (χ0v) is 11.5. The molecule has 1 aromatic rings. The number of aromatic nitrogens is 2. The molecule has 4 heteroatoms. The Morgan fingerprint density at radius 1 is 1.24 bits per heavy atom. The Bertz CT molecular complexity index is 338. The third-order valence-electron chi connectivity index (χ3n) is 2.65. The second-order valence-corrected chi connectivity index (χ2v) is 4.21. The molecule has 0 saturated carbocycles. The first kappa shape index (κ1) is 13.7. The molecular weight excluding hydrogens is 212 g/mol. The Morgan fingerprint density at radius 2 is 2.00 bits per heavy atom. The van der Waals surface area contributed by atoms with Crippen LogP contribution < -0.4 is 10.2 Å². The van der Waals surface area contributed by atoms with E-state index in [9.17, 15) is 0 Å². The van der Waals surface area contributed by atoms with Crippen molar-refractivity contribution in [2.45, 2.75) is 40.5 Å². The van der Waals surface area contributed by atoms with Crippen LogP contribution in [0.15, 0.2) is 6.20 Å².